The van der Waals surface area contributed by atoms with Crippen molar-refractivity contribution in [1.82, 2.24) is 14.8 Å². The summed E-state index contributed by atoms with van der Waals surface area (Å²) in [5.74, 6) is 1.97. The number of allylic oxidation sites excluding steroid dienone is 1. The molecule has 2 aromatic carbocycles. The zero-order valence-corrected chi connectivity index (χ0v) is 26.3. The topological polar surface area (TPSA) is 87.5 Å². The van der Waals surface area contributed by atoms with Gasteiger partial charge in [0.25, 0.3) is 0 Å². The van der Waals surface area contributed by atoms with Gasteiger partial charge in [-0.3, -0.25) is 0 Å². The van der Waals surface area contributed by atoms with Crippen LogP contribution in [0.15, 0.2) is 57.3 Å². The van der Waals surface area contributed by atoms with Crippen LogP contribution in [0.5, 0.6) is 11.5 Å². The lowest BCUT2D eigenvalue weighted by Crippen LogP contribution is -2.30. The molecule has 0 radical (unpaired) electrons. The molecule has 0 saturated carbocycles. The van der Waals surface area contributed by atoms with E-state index in [-0.39, 0.29) is 0 Å². The van der Waals surface area contributed by atoms with Gasteiger partial charge in [-0.15, -0.1) is 5.10 Å². The van der Waals surface area contributed by atoms with E-state index >= 15 is 0 Å². The minimum Gasteiger partial charge on any atom is -0.490 e. The van der Waals surface area contributed by atoms with Gasteiger partial charge in [0, 0.05) is 16.5 Å². The monoisotopic (exact) mass is 648 g/mol. The molecular formula is C29H34BrClN4O4S. The molecule has 0 spiro atoms. The number of carbonyl (C=O) groups is 1. The maximum Gasteiger partial charge on any atom is 0.338 e. The number of rotatable bonds is 13. The molecule has 1 aliphatic rings. The highest BCUT2D eigenvalue weighted by Gasteiger charge is 2.36. The number of ether oxygens (including phenoxy) is 3. The molecule has 8 nitrogen and oxygen atoms in total. The van der Waals surface area contributed by atoms with Crippen LogP contribution in [-0.2, 0) is 15.3 Å². The van der Waals surface area contributed by atoms with E-state index in [0.717, 1.165) is 34.9 Å². The fraction of sp³-hybridized carbons (Fsp3) is 0.414. The molecule has 3 aromatic rings. The number of anilines is 1. The zero-order chi connectivity index (χ0) is 28.6. The minimum absolute atomic E-state index is 0.347. The van der Waals surface area contributed by atoms with E-state index in [0.29, 0.717) is 64.5 Å². The number of thioether (sulfide) groups is 1. The molecule has 1 atom stereocenters. The first-order chi connectivity index (χ1) is 19.4. The number of carbonyl (C=O) groups excluding carboxylic acids is 1. The Morgan fingerprint density at radius 1 is 1.15 bits per heavy atom. The lowest BCUT2D eigenvalue weighted by Gasteiger charge is -2.29. The molecule has 4 rings (SSSR count). The van der Waals surface area contributed by atoms with Crippen LogP contribution in [0.4, 0.5) is 5.95 Å². The smallest absolute Gasteiger partial charge is 0.338 e. The van der Waals surface area contributed by atoms with E-state index in [4.69, 9.17) is 35.9 Å². The van der Waals surface area contributed by atoms with Crippen molar-refractivity contribution < 1.29 is 19.0 Å². The van der Waals surface area contributed by atoms with Crippen molar-refractivity contribution >= 4 is 51.2 Å². The molecule has 1 aliphatic heterocycles. The third kappa shape index (κ3) is 6.95. The van der Waals surface area contributed by atoms with Crippen LogP contribution in [0.2, 0.25) is 5.02 Å². The number of hydrogen-bond acceptors (Lipinski definition) is 8. The van der Waals surface area contributed by atoms with Crippen LogP contribution in [0, 0.1) is 0 Å². The van der Waals surface area contributed by atoms with Gasteiger partial charge in [0.15, 0.2) is 11.5 Å². The summed E-state index contributed by atoms with van der Waals surface area (Å²) >= 11 is 11.5. The first-order valence-electron chi connectivity index (χ1n) is 13.4. The normalized spacial score (nSPS) is 14.5. The highest BCUT2D eigenvalue weighted by molar-refractivity contribution is 9.10. The Hall–Kier alpha value is -2.69. The van der Waals surface area contributed by atoms with Crippen molar-refractivity contribution in [3.05, 3.63) is 68.3 Å². The highest BCUT2D eigenvalue weighted by Crippen LogP contribution is 2.43. The van der Waals surface area contributed by atoms with Crippen LogP contribution < -0.4 is 14.8 Å². The highest BCUT2D eigenvalue weighted by atomic mass is 79.9. The van der Waals surface area contributed by atoms with Crippen LogP contribution in [-0.4, -0.2) is 40.6 Å². The molecule has 11 heteroatoms. The average Bonchev–Trinajstić information content (AvgIpc) is 3.33. The Labute approximate surface area is 252 Å². The summed E-state index contributed by atoms with van der Waals surface area (Å²) in [4.78, 5) is 18.2. The van der Waals surface area contributed by atoms with E-state index in [9.17, 15) is 4.79 Å². The molecule has 214 valence electrons. The summed E-state index contributed by atoms with van der Waals surface area (Å²) in [6.07, 6.45) is 2.58. The van der Waals surface area contributed by atoms with Gasteiger partial charge in [0.1, 0.15) is 6.04 Å². The first kappa shape index (κ1) is 30.3. The van der Waals surface area contributed by atoms with Crippen molar-refractivity contribution in [3.63, 3.8) is 0 Å². The number of benzene rings is 2. The van der Waals surface area contributed by atoms with Crippen molar-refractivity contribution in [3.8, 4) is 11.5 Å². The van der Waals surface area contributed by atoms with Gasteiger partial charge in [-0.25, -0.2) is 9.48 Å². The van der Waals surface area contributed by atoms with Gasteiger partial charge in [0.05, 0.1) is 29.9 Å². The second kappa shape index (κ2) is 14.3. The fourth-order valence-electron chi connectivity index (χ4n) is 4.26. The Balaban J connectivity index is 1.76. The summed E-state index contributed by atoms with van der Waals surface area (Å²) in [5.41, 5.74) is 2.91. The molecule has 1 aromatic heterocycles. The van der Waals surface area contributed by atoms with Crippen LogP contribution in [0.1, 0.15) is 64.1 Å². The number of nitrogens with one attached hydrogen (secondary N) is 1. The number of esters is 1. The Morgan fingerprint density at radius 3 is 2.67 bits per heavy atom. The largest absolute Gasteiger partial charge is 0.490 e. The molecule has 40 heavy (non-hydrogen) atoms. The van der Waals surface area contributed by atoms with Crippen molar-refractivity contribution in [2.24, 2.45) is 0 Å². The summed E-state index contributed by atoms with van der Waals surface area (Å²) in [6.45, 7) is 9.25. The van der Waals surface area contributed by atoms with Crippen LogP contribution in [0.3, 0.4) is 0 Å². The number of unbranched alkanes of at least 4 members (excludes halogenated alkanes) is 1. The third-order valence-corrected chi connectivity index (χ3v) is 8.04. The number of halogens is 2. The van der Waals surface area contributed by atoms with Crippen LogP contribution >= 0.6 is 39.3 Å². The average molecular weight is 650 g/mol. The van der Waals surface area contributed by atoms with Crippen molar-refractivity contribution in [1.29, 1.82) is 0 Å². The summed E-state index contributed by atoms with van der Waals surface area (Å²) in [6, 6.07) is 11.0. The van der Waals surface area contributed by atoms with E-state index < -0.39 is 12.0 Å². The van der Waals surface area contributed by atoms with Crippen molar-refractivity contribution in [2.45, 2.75) is 63.9 Å². The molecule has 2 heterocycles. The van der Waals surface area contributed by atoms with E-state index in [2.05, 4.69) is 35.1 Å². The lowest BCUT2D eigenvalue weighted by atomic mass is 9.95. The third-order valence-electron chi connectivity index (χ3n) is 6.20. The van der Waals surface area contributed by atoms with Gasteiger partial charge < -0.3 is 19.5 Å². The van der Waals surface area contributed by atoms with Gasteiger partial charge in [-0.2, -0.15) is 4.98 Å². The Morgan fingerprint density at radius 2 is 1.95 bits per heavy atom. The standard InChI is InChI=1S/C29H34BrClN4O4S/c1-5-8-14-39-27(36)24-18(4)32-28-33-29(40-17-19-11-9-10-12-22(19)31)34-35(28)25(24)20-15-21(30)26(38-13-6-2)23(16-20)37-7-3/h9-12,15-16,25H,5-8,13-14,17H2,1-4H3,(H,32,33,34). The number of hydrogen-bond donors (Lipinski definition) is 1. The SMILES string of the molecule is CCCCOC(=O)C1=C(C)Nc2nc(SCc3ccccc3Cl)nn2C1c1cc(Br)c(OCCC)c(OCC)c1. The van der Waals surface area contributed by atoms with E-state index in [1.54, 1.807) is 4.68 Å². The molecular weight excluding hydrogens is 616 g/mol. The molecule has 0 amide bonds. The predicted molar refractivity (Wildman–Crippen MR) is 162 cm³/mol. The summed E-state index contributed by atoms with van der Waals surface area (Å²) in [5, 5.41) is 9.35. The zero-order valence-electron chi connectivity index (χ0n) is 23.1. The lowest BCUT2D eigenvalue weighted by molar-refractivity contribution is -0.139. The molecule has 1 unspecified atom stereocenters. The Bertz CT molecular complexity index is 1380. The number of aromatic nitrogens is 3. The molecule has 0 fully saturated rings. The summed E-state index contributed by atoms with van der Waals surface area (Å²) < 4.78 is 20.1. The maximum absolute atomic E-state index is 13.5. The second-order valence-electron chi connectivity index (χ2n) is 9.21. The van der Waals surface area contributed by atoms with E-state index in [1.807, 2.05) is 50.2 Å². The van der Waals surface area contributed by atoms with Crippen molar-refractivity contribution in [2.75, 3.05) is 25.1 Å². The quantitative estimate of drug-likeness (QED) is 0.114. The molecule has 0 saturated heterocycles. The van der Waals surface area contributed by atoms with Gasteiger partial charge in [0.2, 0.25) is 11.1 Å². The van der Waals surface area contributed by atoms with E-state index in [1.165, 1.54) is 11.8 Å². The first-order valence-corrected chi connectivity index (χ1v) is 15.6. The minimum atomic E-state index is -0.594. The number of nitrogens with zero attached hydrogens (tertiary/aromatic N) is 3. The molecule has 0 bridgehead atoms. The Kier molecular flexibility index (Phi) is 10.8. The van der Waals surface area contributed by atoms with Gasteiger partial charge in [-0.05, 0) is 71.9 Å². The summed E-state index contributed by atoms with van der Waals surface area (Å²) in [7, 11) is 0. The van der Waals surface area contributed by atoms with Crippen LogP contribution in [0.25, 0.3) is 0 Å². The molecule has 1 N–H and O–H groups in total. The van der Waals surface area contributed by atoms with Gasteiger partial charge in [-0.1, -0.05) is 61.8 Å². The maximum atomic E-state index is 13.5. The fourth-order valence-corrected chi connectivity index (χ4v) is 5.95. The number of fused-ring (bicyclic) bond motifs is 1. The van der Waals surface area contributed by atoms with Gasteiger partial charge >= 0.3 is 5.97 Å². The predicted octanol–water partition coefficient (Wildman–Crippen LogP) is 7.81. The second-order valence-corrected chi connectivity index (χ2v) is 11.4. The molecule has 0 aliphatic carbocycles.